The van der Waals surface area contributed by atoms with Gasteiger partial charge < -0.3 is 9.64 Å². The lowest BCUT2D eigenvalue weighted by Gasteiger charge is -2.31. The van der Waals surface area contributed by atoms with Crippen LogP contribution in [-0.4, -0.2) is 45.3 Å². The highest BCUT2D eigenvalue weighted by molar-refractivity contribution is 6.30. The van der Waals surface area contributed by atoms with Gasteiger partial charge in [-0.05, 0) is 61.6 Å². The number of para-hydroxylation sites is 1. The number of hydrogen-bond donors (Lipinski definition) is 1. The number of hydrogen-bond acceptors (Lipinski definition) is 4. The number of ether oxygens (including phenoxy) is 1. The van der Waals surface area contributed by atoms with Crippen LogP contribution in [0.4, 0.5) is 0 Å². The number of halogens is 1. The molecule has 3 aromatic rings. The van der Waals surface area contributed by atoms with E-state index in [-0.39, 0.29) is 18.2 Å². The molecule has 8 heteroatoms. The van der Waals surface area contributed by atoms with E-state index in [9.17, 15) is 9.59 Å². The SMILES string of the molecule is Cc1ccccc1-n1c(CC2CCN(C(=O)COc3ccc(Cl)cc3)CC2)n[nH]c1=O. The highest BCUT2D eigenvalue weighted by atomic mass is 35.5. The first kappa shape index (κ1) is 21.2. The maximum atomic E-state index is 12.5. The van der Waals surface area contributed by atoms with Crippen LogP contribution in [0.15, 0.2) is 53.3 Å². The Bertz CT molecular complexity index is 1100. The number of amides is 1. The predicted molar refractivity (Wildman–Crippen MR) is 119 cm³/mol. The number of aryl methyl sites for hydroxylation is 1. The fourth-order valence-electron chi connectivity index (χ4n) is 3.94. The topological polar surface area (TPSA) is 80.2 Å². The average Bonchev–Trinajstić information content (AvgIpc) is 3.14. The summed E-state index contributed by atoms with van der Waals surface area (Å²) in [6.07, 6.45) is 2.42. The first-order chi connectivity index (χ1) is 15.0. The Morgan fingerprint density at radius 1 is 1.16 bits per heavy atom. The van der Waals surface area contributed by atoms with E-state index in [1.807, 2.05) is 36.1 Å². The molecule has 1 N–H and O–H groups in total. The molecule has 0 bridgehead atoms. The number of benzene rings is 2. The Morgan fingerprint density at radius 2 is 1.87 bits per heavy atom. The lowest BCUT2D eigenvalue weighted by atomic mass is 9.93. The zero-order valence-corrected chi connectivity index (χ0v) is 18.1. The molecule has 0 aliphatic carbocycles. The summed E-state index contributed by atoms with van der Waals surface area (Å²) in [6.45, 7) is 3.34. The fraction of sp³-hybridized carbons (Fsp3) is 0.348. The molecule has 0 spiro atoms. The van der Waals surface area contributed by atoms with Crippen molar-refractivity contribution in [3.8, 4) is 11.4 Å². The number of H-pyrrole nitrogens is 1. The molecule has 1 aliphatic rings. The number of aromatic nitrogens is 3. The quantitative estimate of drug-likeness (QED) is 0.637. The maximum Gasteiger partial charge on any atom is 0.347 e. The monoisotopic (exact) mass is 440 g/mol. The molecule has 31 heavy (non-hydrogen) atoms. The zero-order chi connectivity index (χ0) is 21.8. The summed E-state index contributed by atoms with van der Waals surface area (Å²) in [6, 6.07) is 14.7. The molecule has 7 nitrogen and oxygen atoms in total. The average molecular weight is 441 g/mol. The van der Waals surface area contributed by atoms with Crippen molar-refractivity contribution < 1.29 is 9.53 Å². The molecule has 0 saturated carbocycles. The van der Waals surface area contributed by atoms with Crippen LogP contribution in [0.1, 0.15) is 24.2 Å². The summed E-state index contributed by atoms with van der Waals surface area (Å²) >= 11 is 5.87. The summed E-state index contributed by atoms with van der Waals surface area (Å²) in [7, 11) is 0. The Hall–Kier alpha value is -3.06. The molecule has 0 atom stereocenters. The van der Waals surface area contributed by atoms with Crippen LogP contribution in [-0.2, 0) is 11.2 Å². The highest BCUT2D eigenvalue weighted by Crippen LogP contribution is 2.23. The van der Waals surface area contributed by atoms with Crippen LogP contribution in [0.25, 0.3) is 5.69 Å². The summed E-state index contributed by atoms with van der Waals surface area (Å²) in [5.41, 5.74) is 1.65. The highest BCUT2D eigenvalue weighted by Gasteiger charge is 2.25. The van der Waals surface area contributed by atoms with Crippen molar-refractivity contribution in [1.82, 2.24) is 19.7 Å². The van der Waals surface area contributed by atoms with Crippen molar-refractivity contribution in [1.29, 1.82) is 0 Å². The second-order valence-electron chi connectivity index (χ2n) is 7.84. The van der Waals surface area contributed by atoms with Gasteiger partial charge in [-0.3, -0.25) is 4.79 Å². The van der Waals surface area contributed by atoms with Crippen LogP contribution in [0.3, 0.4) is 0 Å². The van der Waals surface area contributed by atoms with Crippen LogP contribution in [0, 0.1) is 12.8 Å². The summed E-state index contributed by atoms with van der Waals surface area (Å²) < 4.78 is 7.23. The first-order valence-electron chi connectivity index (χ1n) is 10.4. The molecule has 1 saturated heterocycles. The van der Waals surface area contributed by atoms with Gasteiger partial charge in [0.1, 0.15) is 11.6 Å². The molecule has 2 heterocycles. The molecular weight excluding hydrogens is 416 g/mol. The van der Waals surface area contributed by atoms with E-state index in [1.54, 1.807) is 28.8 Å². The van der Waals surface area contributed by atoms with Gasteiger partial charge in [0.05, 0.1) is 5.69 Å². The molecule has 1 fully saturated rings. The molecule has 1 aliphatic heterocycles. The molecule has 0 radical (unpaired) electrons. The number of nitrogens with zero attached hydrogens (tertiary/aromatic N) is 3. The van der Waals surface area contributed by atoms with Gasteiger partial charge >= 0.3 is 5.69 Å². The number of rotatable bonds is 6. The van der Waals surface area contributed by atoms with Crippen molar-refractivity contribution in [2.75, 3.05) is 19.7 Å². The molecule has 1 amide bonds. The van der Waals surface area contributed by atoms with E-state index < -0.39 is 0 Å². The number of nitrogens with one attached hydrogen (secondary N) is 1. The predicted octanol–water partition coefficient (Wildman–Crippen LogP) is 3.38. The van der Waals surface area contributed by atoms with Gasteiger partial charge in [0.25, 0.3) is 5.91 Å². The van der Waals surface area contributed by atoms with Crippen LogP contribution in [0.2, 0.25) is 5.02 Å². The van der Waals surface area contributed by atoms with E-state index in [0.29, 0.717) is 36.2 Å². The van der Waals surface area contributed by atoms with Gasteiger partial charge in [-0.1, -0.05) is 29.8 Å². The van der Waals surface area contributed by atoms with Gasteiger partial charge in [0.15, 0.2) is 6.61 Å². The summed E-state index contributed by atoms with van der Waals surface area (Å²) in [5, 5.41) is 7.48. The number of likely N-dealkylation sites (tertiary alicyclic amines) is 1. The third-order valence-electron chi connectivity index (χ3n) is 5.71. The molecule has 0 unspecified atom stereocenters. The molecule has 162 valence electrons. The lowest BCUT2D eigenvalue weighted by molar-refractivity contribution is -0.134. The lowest BCUT2D eigenvalue weighted by Crippen LogP contribution is -2.41. The number of piperidine rings is 1. The number of carbonyl (C=O) groups excluding carboxylic acids is 1. The van der Waals surface area contributed by atoms with E-state index in [1.165, 1.54) is 0 Å². The zero-order valence-electron chi connectivity index (χ0n) is 17.4. The Labute approximate surface area is 185 Å². The van der Waals surface area contributed by atoms with Crippen molar-refractivity contribution in [3.05, 3.63) is 75.4 Å². The summed E-state index contributed by atoms with van der Waals surface area (Å²) in [4.78, 5) is 26.7. The van der Waals surface area contributed by atoms with E-state index in [0.717, 1.165) is 29.9 Å². The molecular formula is C23H25ClN4O3. The normalized spacial score (nSPS) is 14.6. The minimum absolute atomic E-state index is 0.0124. The van der Waals surface area contributed by atoms with Gasteiger partial charge in [0.2, 0.25) is 0 Å². The van der Waals surface area contributed by atoms with Crippen molar-refractivity contribution in [3.63, 3.8) is 0 Å². The third-order valence-corrected chi connectivity index (χ3v) is 5.96. The van der Waals surface area contributed by atoms with Crippen molar-refractivity contribution in [2.45, 2.75) is 26.2 Å². The maximum absolute atomic E-state index is 12.5. The molecule has 2 aromatic carbocycles. The summed E-state index contributed by atoms with van der Waals surface area (Å²) in [5.74, 6) is 1.69. The molecule has 4 rings (SSSR count). The Morgan fingerprint density at radius 3 is 2.58 bits per heavy atom. The molecule has 1 aromatic heterocycles. The van der Waals surface area contributed by atoms with E-state index in [2.05, 4.69) is 10.2 Å². The van der Waals surface area contributed by atoms with E-state index in [4.69, 9.17) is 16.3 Å². The second kappa shape index (κ2) is 9.39. The van der Waals surface area contributed by atoms with Gasteiger partial charge in [-0.15, -0.1) is 0 Å². The number of aromatic amines is 1. The standard InChI is InChI=1S/C23H25ClN4O3/c1-16-4-2-3-5-20(16)28-21(25-26-23(28)30)14-17-10-12-27(13-11-17)22(29)15-31-19-8-6-18(24)7-9-19/h2-9,17H,10-15H2,1H3,(H,26,30). The Balaban J connectivity index is 1.33. The second-order valence-corrected chi connectivity index (χ2v) is 8.27. The van der Waals surface area contributed by atoms with Gasteiger partial charge in [-0.2, -0.15) is 5.10 Å². The number of carbonyl (C=O) groups is 1. The minimum Gasteiger partial charge on any atom is -0.484 e. The van der Waals surface area contributed by atoms with Gasteiger partial charge in [-0.25, -0.2) is 14.5 Å². The van der Waals surface area contributed by atoms with Gasteiger partial charge in [0, 0.05) is 24.5 Å². The van der Waals surface area contributed by atoms with Crippen LogP contribution in [0.5, 0.6) is 5.75 Å². The van der Waals surface area contributed by atoms with Crippen molar-refractivity contribution in [2.24, 2.45) is 5.92 Å². The fourth-order valence-corrected chi connectivity index (χ4v) is 4.07. The third kappa shape index (κ3) is 4.99. The van der Waals surface area contributed by atoms with E-state index >= 15 is 0 Å². The minimum atomic E-state index is -0.226. The smallest absolute Gasteiger partial charge is 0.347 e. The Kier molecular flexibility index (Phi) is 6.42. The van der Waals surface area contributed by atoms with Crippen LogP contribution < -0.4 is 10.4 Å². The van der Waals surface area contributed by atoms with Crippen LogP contribution >= 0.6 is 11.6 Å². The van der Waals surface area contributed by atoms with Crippen molar-refractivity contribution >= 4 is 17.5 Å². The first-order valence-corrected chi connectivity index (χ1v) is 10.8. The largest absolute Gasteiger partial charge is 0.484 e.